The van der Waals surface area contributed by atoms with Crippen LogP contribution < -0.4 is 10.6 Å². The lowest BCUT2D eigenvalue weighted by Gasteiger charge is -2.15. The van der Waals surface area contributed by atoms with Crippen molar-refractivity contribution >= 4 is 28.7 Å². The van der Waals surface area contributed by atoms with Crippen molar-refractivity contribution in [3.63, 3.8) is 0 Å². The van der Waals surface area contributed by atoms with Gasteiger partial charge in [0.25, 0.3) is 5.91 Å². The standard InChI is InChI=1S/C26H22F3N3O2S/c27-26(28,29)19-5-1-4-17(15-19)14-18-9-10-30-23(16-18)32-21-7-2-6-20(25(34)31-11-12-33)24(21)22-8-3-13-35-22/h1-10,13,15-16,33H,11-12,14H2,(H,30,32)(H,31,34). The third-order valence-corrected chi connectivity index (χ3v) is 6.11. The number of hydrogen-bond donors (Lipinski definition) is 3. The molecule has 0 bridgehead atoms. The molecule has 0 aliphatic heterocycles. The number of aliphatic hydroxyl groups excluding tert-OH is 1. The van der Waals surface area contributed by atoms with Gasteiger partial charge >= 0.3 is 6.18 Å². The minimum Gasteiger partial charge on any atom is -0.395 e. The van der Waals surface area contributed by atoms with Crippen LogP contribution in [0.25, 0.3) is 10.4 Å². The van der Waals surface area contributed by atoms with E-state index in [0.717, 1.165) is 22.6 Å². The number of aromatic nitrogens is 1. The Kier molecular flexibility index (Phi) is 7.48. The monoisotopic (exact) mass is 497 g/mol. The van der Waals surface area contributed by atoms with Gasteiger partial charge in [-0.15, -0.1) is 11.3 Å². The van der Waals surface area contributed by atoms with E-state index >= 15 is 0 Å². The minimum absolute atomic E-state index is 0.138. The van der Waals surface area contributed by atoms with Crippen molar-refractivity contribution in [3.8, 4) is 10.4 Å². The Morgan fingerprint density at radius 2 is 1.80 bits per heavy atom. The van der Waals surface area contributed by atoms with Crippen LogP contribution in [0.4, 0.5) is 24.7 Å². The molecule has 0 radical (unpaired) electrons. The van der Waals surface area contributed by atoms with Crippen molar-refractivity contribution in [1.82, 2.24) is 10.3 Å². The number of rotatable bonds is 8. The number of nitrogens with zero attached hydrogens (tertiary/aromatic N) is 1. The van der Waals surface area contributed by atoms with Gasteiger partial charge in [-0.2, -0.15) is 13.2 Å². The van der Waals surface area contributed by atoms with Gasteiger partial charge in [-0.05, 0) is 59.3 Å². The van der Waals surface area contributed by atoms with E-state index in [0.29, 0.717) is 34.6 Å². The molecular formula is C26H22F3N3O2S. The molecule has 0 unspecified atom stereocenters. The van der Waals surface area contributed by atoms with Crippen molar-refractivity contribution in [2.24, 2.45) is 0 Å². The van der Waals surface area contributed by atoms with Crippen LogP contribution in [0.15, 0.2) is 78.3 Å². The maximum Gasteiger partial charge on any atom is 0.416 e. The Bertz CT molecular complexity index is 1310. The van der Waals surface area contributed by atoms with Gasteiger partial charge in [-0.3, -0.25) is 4.79 Å². The Balaban J connectivity index is 1.63. The second-order valence-electron chi connectivity index (χ2n) is 7.73. The van der Waals surface area contributed by atoms with Crippen molar-refractivity contribution in [2.45, 2.75) is 12.6 Å². The molecule has 4 rings (SSSR count). The Morgan fingerprint density at radius 1 is 1.00 bits per heavy atom. The van der Waals surface area contributed by atoms with Crippen LogP contribution >= 0.6 is 11.3 Å². The first-order valence-corrected chi connectivity index (χ1v) is 11.7. The molecule has 0 fully saturated rings. The number of thiophene rings is 1. The van der Waals surface area contributed by atoms with Gasteiger partial charge in [0.15, 0.2) is 0 Å². The van der Waals surface area contributed by atoms with E-state index in [2.05, 4.69) is 15.6 Å². The summed E-state index contributed by atoms with van der Waals surface area (Å²) in [5.41, 5.74) is 2.45. The third kappa shape index (κ3) is 6.06. The molecule has 1 amide bonds. The zero-order chi connectivity index (χ0) is 24.8. The molecule has 0 atom stereocenters. The second-order valence-corrected chi connectivity index (χ2v) is 8.68. The molecule has 0 aliphatic carbocycles. The number of hydrogen-bond acceptors (Lipinski definition) is 5. The van der Waals surface area contributed by atoms with Crippen LogP contribution in [0.2, 0.25) is 0 Å². The molecule has 0 saturated heterocycles. The van der Waals surface area contributed by atoms with Gasteiger partial charge in [-0.1, -0.05) is 30.3 Å². The molecule has 2 heterocycles. The van der Waals surface area contributed by atoms with Crippen LogP contribution in [-0.4, -0.2) is 29.1 Å². The number of halogens is 3. The van der Waals surface area contributed by atoms with Gasteiger partial charge in [0.05, 0.1) is 17.7 Å². The normalized spacial score (nSPS) is 11.3. The number of carbonyl (C=O) groups excluding carboxylic acids is 1. The predicted molar refractivity (Wildman–Crippen MR) is 131 cm³/mol. The molecule has 9 heteroatoms. The van der Waals surface area contributed by atoms with E-state index in [1.165, 1.54) is 17.4 Å². The van der Waals surface area contributed by atoms with Crippen LogP contribution in [0.3, 0.4) is 0 Å². The SMILES string of the molecule is O=C(NCCO)c1cccc(Nc2cc(Cc3cccc(C(F)(F)F)c3)ccn2)c1-c1cccs1. The van der Waals surface area contributed by atoms with Crippen molar-refractivity contribution in [2.75, 3.05) is 18.5 Å². The number of nitrogens with one attached hydrogen (secondary N) is 2. The van der Waals surface area contributed by atoms with Crippen LogP contribution in [-0.2, 0) is 12.6 Å². The average Bonchev–Trinajstić information content (AvgIpc) is 3.37. The zero-order valence-corrected chi connectivity index (χ0v) is 19.3. The highest BCUT2D eigenvalue weighted by Crippen LogP contribution is 2.36. The highest BCUT2D eigenvalue weighted by atomic mass is 32.1. The molecule has 2 aromatic heterocycles. The number of benzene rings is 2. The summed E-state index contributed by atoms with van der Waals surface area (Å²) in [6.45, 7) is -0.0277. The summed E-state index contributed by atoms with van der Waals surface area (Å²) in [5, 5.41) is 16.9. The van der Waals surface area contributed by atoms with Crippen LogP contribution in [0, 0.1) is 0 Å². The fourth-order valence-corrected chi connectivity index (χ4v) is 4.48. The number of alkyl halides is 3. The first-order valence-electron chi connectivity index (χ1n) is 10.8. The Labute approximate surface area is 204 Å². The summed E-state index contributed by atoms with van der Waals surface area (Å²) < 4.78 is 39.2. The smallest absolute Gasteiger partial charge is 0.395 e. The molecule has 0 spiro atoms. The van der Waals surface area contributed by atoms with E-state index in [4.69, 9.17) is 5.11 Å². The molecular weight excluding hydrogens is 475 g/mol. The van der Waals surface area contributed by atoms with Gasteiger partial charge in [0.2, 0.25) is 0 Å². The highest BCUT2D eigenvalue weighted by Gasteiger charge is 2.30. The van der Waals surface area contributed by atoms with Crippen molar-refractivity contribution in [3.05, 3.63) is 101 Å². The molecule has 35 heavy (non-hydrogen) atoms. The maximum absolute atomic E-state index is 13.1. The number of anilines is 2. The van der Waals surface area contributed by atoms with Gasteiger partial charge < -0.3 is 15.7 Å². The Morgan fingerprint density at radius 3 is 2.54 bits per heavy atom. The predicted octanol–water partition coefficient (Wildman–Crippen LogP) is 5.89. The average molecular weight is 498 g/mol. The fraction of sp³-hybridized carbons (Fsp3) is 0.154. The summed E-state index contributed by atoms with van der Waals surface area (Å²) in [6, 6.07) is 17.9. The molecule has 0 saturated carbocycles. The summed E-state index contributed by atoms with van der Waals surface area (Å²) >= 11 is 1.48. The number of carbonyl (C=O) groups is 1. The van der Waals surface area contributed by atoms with Gasteiger partial charge in [0.1, 0.15) is 5.82 Å². The lowest BCUT2D eigenvalue weighted by atomic mass is 10.0. The number of aliphatic hydroxyl groups is 1. The maximum atomic E-state index is 13.1. The second kappa shape index (κ2) is 10.7. The molecule has 3 N–H and O–H groups in total. The third-order valence-electron chi connectivity index (χ3n) is 5.22. The first-order chi connectivity index (χ1) is 16.8. The lowest BCUT2D eigenvalue weighted by Crippen LogP contribution is -2.27. The van der Waals surface area contributed by atoms with Crippen molar-refractivity contribution in [1.29, 1.82) is 0 Å². The first kappa shape index (κ1) is 24.4. The summed E-state index contributed by atoms with van der Waals surface area (Å²) in [4.78, 5) is 18.0. The van der Waals surface area contributed by atoms with Crippen molar-refractivity contribution < 1.29 is 23.1 Å². The lowest BCUT2D eigenvalue weighted by molar-refractivity contribution is -0.137. The van der Waals surface area contributed by atoms with E-state index in [1.54, 1.807) is 36.5 Å². The highest BCUT2D eigenvalue weighted by molar-refractivity contribution is 7.13. The van der Waals surface area contributed by atoms with Crippen LogP contribution in [0.1, 0.15) is 27.0 Å². The largest absolute Gasteiger partial charge is 0.416 e. The summed E-state index contributed by atoms with van der Waals surface area (Å²) in [6.07, 6.45) is -2.50. The zero-order valence-electron chi connectivity index (χ0n) is 18.5. The molecule has 2 aromatic carbocycles. The molecule has 0 aliphatic rings. The number of pyridine rings is 1. The van der Waals surface area contributed by atoms with Gasteiger partial charge in [-0.25, -0.2) is 4.98 Å². The summed E-state index contributed by atoms with van der Waals surface area (Å²) in [5.74, 6) is 0.192. The Hall–Kier alpha value is -3.69. The van der Waals surface area contributed by atoms with E-state index in [-0.39, 0.29) is 19.1 Å². The van der Waals surface area contributed by atoms with Gasteiger partial charge in [0, 0.05) is 28.9 Å². The molecule has 5 nitrogen and oxygen atoms in total. The number of amides is 1. The van der Waals surface area contributed by atoms with E-state index < -0.39 is 11.7 Å². The molecule has 180 valence electrons. The topological polar surface area (TPSA) is 74.2 Å². The fourth-order valence-electron chi connectivity index (χ4n) is 3.68. The van der Waals surface area contributed by atoms with Crippen LogP contribution in [0.5, 0.6) is 0 Å². The quantitative estimate of drug-likeness (QED) is 0.284. The summed E-state index contributed by atoms with van der Waals surface area (Å²) in [7, 11) is 0. The van der Waals surface area contributed by atoms with E-state index in [9.17, 15) is 18.0 Å². The minimum atomic E-state index is -4.40. The molecule has 4 aromatic rings. The van der Waals surface area contributed by atoms with E-state index in [1.807, 2.05) is 23.6 Å².